The third-order valence-electron chi connectivity index (χ3n) is 2.89. The molecule has 1 aromatic carbocycles. The number of hydrogen-bond acceptors (Lipinski definition) is 7. The topological polar surface area (TPSA) is 112 Å². The lowest BCUT2D eigenvalue weighted by molar-refractivity contribution is 0.315. The molecule has 11 heteroatoms. The largest absolute Gasteiger partial charge is 0.311 e. The first-order chi connectivity index (χ1) is 10.5. The molecule has 23 heavy (non-hydrogen) atoms. The van der Waals surface area contributed by atoms with Gasteiger partial charge in [-0.25, -0.2) is 25.9 Å². The predicted molar refractivity (Wildman–Crippen MR) is 78.5 cm³/mol. The van der Waals surface area contributed by atoms with Crippen molar-refractivity contribution >= 4 is 19.7 Å². The third-order valence-corrected chi connectivity index (χ3v) is 7.08. The number of rotatable bonds is 4. The molecule has 0 bridgehead atoms. The standard InChI is InChI=1S/C12H15FN4O4S2/c1-12(2,3)17-11(14-15-16-17)23(20,21)10(13)22(18,19)9-7-5-4-6-8-9/h4-8,10H,1-3H3. The van der Waals surface area contributed by atoms with E-state index in [0.29, 0.717) is 0 Å². The average molecular weight is 362 g/mol. The van der Waals surface area contributed by atoms with E-state index in [1.54, 1.807) is 20.8 Å². The second-order valence-corrected chi connectivity index (χ2v) is 9.86. The summed E-state index contributed by atoms with van der Waals surface area (Å²) in [5, 5.41) is 9.18. The van der Waals surface area contributed by atoms with Crippen LogP contribution in [0.5, 0.6) is 0 Å². The summed E-state index contributed by atoms with van der Waals surface area (Å²) in [4.78, 5) is -3.64. The van der Waals surface area contributed by atoms with Crippen molar-refractivity contribution in [3.8, 4) is 0 Å². The summed E-state index contributed by atoms with van der Waals surface area (Å²) in [6.07, 6.45) is 0. The minimum atomic E-state index is -4.94. The Bertz CT molecular complexity index is 902. The number of hydrogen-bond donors (Lipinski definition) is 0. The van der Waals surface area contributed by atoms with E-state index in [1.165, 1.54) is 18.2 Å². The van der Waals surface area contributed by atoms with Crippen LogP contribution in [0.25, 0.3) is 0 Å². The van der Waals surface area contributed by atoms with Crippen molar-refractivity contribution in [3.63, 3.8) is 0 Å². The normalized spacial score (nSPS) is 14.6. The summed E-state index contributed by atoms with van der Waals surface area (Å²) in [7, 11) is -9.69. The van der Waals surface area contributed by atoms with Gasteiger partial charge in [-0.3, -0.25) is 0 Å². The Hall–Kier alpha value is -1.88. The molecular weight excluding hydrogens is 347 g/mol. The van der Waals surface area contributed by atoms with Crippen molar-refractivity contribution in [1.82, 2.24) is 20.2 Å². The second kappa shape index (κ2) is 5.64. The van der Waals surface area contributed by atoms with Crippen LogP contribution in [0.3, 0.4) is 0 Å². The van der Waals surface area contributed by atoms with Crippen LogP contribution in [-0.4, -0.2) is 41.9 Å². The molecule has 1 atom stereocenters. The Labute approximate surface area is 133 Å². The van der Waals surface area contributed by atoms with E-state index in [2.05, 4.69) is 15.5 Å². The monoisotopic (exact) mass is 362 g/mol. The highest BCUT2D eigenvalue weighted by Crippen LogP contribution is 2.27. The Morgan fingerprint density at radius 1 is 1.04 bits per heavy atom. The van der Waals surface area contributed by atoms with Crippen molar-refractivity contribution in [2.24, 2.45) is 0 Å². The maximum atomic E-state index is 14.5. The Balaban J connectivity index is 2.55. The van der Waals surface area contributed by atoms with Crippen LogP contribution < -0.4 is 0 Å². The fourth-order valence-electron chi connectivity index (χ4n) is 1.74. The van der Waals surface area contributed by atoms with Gasteiger partial charge in [-0.1, -0.05) is 23.3 Å². The van der Waals surface area contributed by atoms with Gasteiger partial charge in [0.05, 0.1) is 10.4 Å². The summed E-state index contributed by atoms with van der Waals surface area (Å²) in [6, 6.07) is 6.49. The molecule has 0 amide bonds. The zero-order chi connectivity index (χ0) is 17.5. The number of sulfone groups is 2. The van der Waals surface area contributed by atoms with Crippen LogP contribution in [-0.2, 0) is 25.2 Å². The molecule has 0 fully saturated rings. The number of tetrazole rings is 1. The van der Waals surface area contributed by atoms with Gasteiger partial charge in [-0.15, -0.1) is 0 Å². The van der Waals surface area contributed by atoms with E-state index in [-0.39, 0.29) is 0 Å². The summed E-state index contributed by atoms with van der Waals surface area (Å²) in [5.41, 5.74) is -0.873. The van der Waals surface area contributed by atoms with Crippen LogP contribution in [0.15, 0.2) is 40.4 Å². The van der Waals surface area contributed by atoms with Crippen molar-refractivity contribution in [3.05, 3.63) is 30.3 Å². The molecule has 126 valence electrons. The number of alkyl halides is 1. The number of benzene rings is 1. The Morgan fingerprint density at radius 3 is 2.13 bits per heavy atom. The Morgan fingerprint density at radius 2 is 1.61 bits per heavy atom. The lowest BCUT2D eigenvalue weighted by Crippen LogP contribution is -2.33. The van der Waals surface area contributed by atoms with E-state index in [0.717, 1.165) is 16.8 Å². The highest BCUT2D eigenvalue weighted by molar-refractivity contribution is 8.08. The van der Waals surface area contributed by atoms with Gasteiger partial charge in [-0.05, 0) is 43.3 Å². The molecule has 0 aliphatic carbocycles. The third kappa shape index (κ3) is 3.11. The molecule has 0 aliphatic rings. The molecule has 1 aromatic heterocycles. The van der Waals surface area contributed by atoms with Crippen molar-refractivity contribution in [1.29, 1.82) is 0 Å². The first-order valence-electron chi connectivity index (χ1n) is 6.45. The predicted octanol–water partition coefficient (Wildman–Crippen LogP) is 0.929. The summed E-state index contributed by atoms with van der Waals surface area (Å²) < 4.78 is 64.5. The van der Waals surface area contributed by atoms with E-state index in [4.69, 9.17) is 0 Å². The highest BCUT2D eigenvalue weighted by Gasteiger charge is 2.44. The summed E-state index contributed by atoms with van der Waals surface area (Å²) in [6.45, 7) is 4.80. The molecule has 2 aromatic rings. The van der Waals surface area contributed by atoms with Gasteiger partial charge in [0.1, 0.15) is 0 Å². The molecule has 0 N–H and O–H groups in total. The van der Waals surface area contributed by atoms with Crippen molar-refractivity contribution < 1.29 is 21.2 Å². The van der Waals surface area contributed by atoms with E-state index < -0.39 is 40.1 Å². The minimum absolute atomic E-state index is 0.439. The van der Waals surface area contributed by atoms with Crippen LogP contribution in [0, 0.1) is 0 Å². The van der Waals surface area contributed by atoms with Gasteiger partial charge >= 0.3 is 4.84 Å². The van der Waals surface area contributed by atoms with Gasteiger partial charge in [0.25, 0.3) is 15.0 Å². The van der Waals surface area contributed by atoms with Crippen molar-refractivity contribution in [2.75, 3.05) is 0 Å². The molecule has 1 unspecified atom stereocenters. The van der Waals surface area contributed by atoms with Gasteiger partial charge in [0, 0.05) is 0 Å². The molecule has 1 heterocycles. The fraction of sp³-hybridized carbons (Fsp3) is 0.417. The molecule has 8 nitrogen and oxygen atoms in total. The van der Waals surface area contributed by atoms with E-state index in [1.807, 2.05) is 0 Å². The lowest BCUT2D eigenvalue weighted by Gasteiger charge is -2.20. The minimum Gasteiger partial charge on any atom is -0.220 e. The molecule has 0 spiro atoms. The summed E-state index contributed by atoms with van der Waals surface area (Å²) in [5.74, 6) is 0. The molecular formula is C12H15FN4O4S2. The quantitative estimate of drug-likeness (QED) is 0.795. The maximum Gasteiger partial charge on any atom is 0.311 e. The zero-order valence-corrected chi connectivity index (χ0v) is 14.2. The van der Waals surface area contributed by atoms with Gasteiger partial charge < -0.3 is 0 Å². The number of nitrogens with zero attached hydrogens (tertiary/aromatic N) is 4. The Kier molecular flexibility index (Phi) is 4.28. The van der Waals surface area contributed by atoms with Crippen molar-refractivity contribution in [2.45, 2.75) is 41.2 Å². The van der Waals surface area contributed by atoms with Crippen LogP contribution >= 0.6 is 0 Å². The SMILES string of the molecule is CC(C)(C)n1nnnc1S(=O)(=O)C(F)S(=O)(=O)c1ccccc1. The first-order valence-corrected chi connectivity index (χ1v) is 9.54. The fourth-order valence-corrected chi connectivity index (χ4v) is 5.29. The number of halogens is 1. The smallest absolute Gasteiger partial charge is 0.220 e. The first kappa shape index (κ1) is 17.5. The zero-order valence-electron chi connectivity index (χ0n) is 12.6. The van der Waals surface area contributed by atoms with Gasteiger partial charge in [0.15, 0.2) is 0 Å². The van der Waals surface area contributed by atoms with E-state index in [9.17, 15) is 21.2 Å². The van der Waals surface area contributed by atoms with Crippen LogP contribution in [0.4, 0.5) is 4.39 Å². The lowest BCUT2D eigenvalue weighted by atomic mass is 10.1. The molecule has 0 aliphatic heterocycles. The number of aromatic nitrogens is 4. The van der Waals surface area contributed by atoms with Gasteiger partial charge in [0.2, 0.25) is 9.84 Å². The molecule has 0 saturated heterocycles. The molecule has 2 rings (SSSR count). The van der Waals surface area contributed by atoms with E-state index >= 15 is 0 Å². The molecule has 0 radical (unpaired) electrons. The maximum absolute atomic E-state index is 14.5. The van der Waals surface area contributed by atoms with Crippen LogP contribution in [0.1, 0.15) is 20.8 Å². The second-order valence-electron chi connectivity index (χ2n) is 5.72. The average Bonchev–Trinajstić information content (AvgIpc) is 2.97. The highest BCUT2D eigenvalue weighted by atomic mass is 32.3. The van der Waals surface area contributed by atoms with Crippen LogP contribution in [0.2, 0.25) is 0 Å². The molecule has 0 saturated carbocycles. The van der Waals surface area contributed by atoms with Gasteiger partial charge in [-0.2, -0.15) is 0 Å². The summed E-state index contributed by atoms with van der Waals surface area (Å²) >= 11 is 0.